The Morgan fingerprint density at radius 1 is 1.30 bits per heavy atom. The number of nitrogen functional groups attached to an aromatic ring is 1. The van der Waals surface area contributed by atoms with Crippen LogP contribution >= 0.6 is 0 Å². The van der Waals surface area contributed by atoms with Gasteiger partial charge in [-0.1, -0.05) is 0 Å². The number of aryl methyl sites for hydroxylation is 1. The predicted molar refractivity (Wildman–Crippen MR) is 93.3 cm³/mol. The monoisotopic (exact) mass is 311 g/mol. The summed E-state index contributed by atoms with van der Waals surface area (Å²) in [5, 5.41) is 4.31. The van der Waals surface area contributed by atoms with Crippen LogP contribution in [0.1, 0.15) is 5.56 Å². The Morgan fingerprint density at radius 3 is 2.87 bits per heavy atom. The number of nitrogens with two attached hydrogens (primary N) is 1. The van der Waals surface area contributed by atoms with E-state index in [1.54, 1.807) is 6.20 Å². The SMILES string of the molecule is Cc1cnc(-c2cc(NCCN(C)C)nc3[nH]ccc23)nc1N. The average molecular weight is 311 g/mol. The lowest BCUT2D eigenvalue weighted by Gasteiger charge is -2.12. The van der Waals surface area contributed by atoms with Crippen LogP contribution in [0.4, 0.5) is 11.6 Å². The first-order chi connectivity index (χ1) is 11.0. The van der Waals surface area contributed by atoms with Crippen molar-refractivity contribution in [1.29, 1.82) is 0 Å². The molecule has 3 aromatic heterocycles. The van der Waals surface area contributed by atoms with E-state index in [9.17, 15) is 0 Å². The summed E-state index contributed by atoms with van der Waals surface area (Å²) in [4.78, 5) is 18.7. The number of fused-ring (bicyclic) bond motifs is 1. The fraction of sp³-hybridized carbons (Fsp3) is 0.312. The van der Waals surface area contributed by atoms with Gasteiger partial charge in [0.15, 0.2) is 5.82 Å². The zero-order chi connectivity index (χ0) is 16.4. The van der Waals surface area contributed by atoms with Crippen molar-refractivity contribution < 1.29 is 0 Å². The van der Waals surface area contributed by atoms with Gasteiger partial charge in [0, 0.05) is 42.0 Å². The minimum atomic E-state index is 0.498. The summed E-state index contributed by atoms with van der Waals surface area (Å²) in [5.41, 5.74) is 8.52. The normalized spacial score (nSPS) is 11.3. The molecular formula is C16H21N7. The minimum Gasteiger partial charge on any atom is -0.383 e. The Kier molecular flexibility index (Phi) is 4.12. The van der Waals surface area contributed by atoms with Crippen molar-refractivity contribution in [2.75, 3.05) is 38.2 Å². The first-order valence-corrected chi connectivity index (χ1v) is 7.51. The van der Waals surface area contributed by atoms with E-state index in [0.717, 1.165) is 41.1 Å². The molecule has 0 aliphatic heterocycles. The van der Waals surface area contributed by atoms with E-state index in [-0.39, 0.29) is 0 Å². The molecule has 120 valence electrons. The summed E-state index contributed by atoms with van der Waals surface area (Å²) in [6.07, 6.45) is 3.61. The van der Waals surface area contributed by atoms with Crippen LogP contribution in [-0.4, -0.2) is 52.0 Å². The van der Waals surface area contributed by atoms with E-state index in [1.165, 1.54) is 0 Å². The molecular weight excluding hydrogens is 290 g/mol. The number of hydrogen-bond acceptors (Lipinski definition) is 6. The molecule has 4 N–H and O–H groups in total. The summed E-state index contributed by atoms with van der Waals surface area (Å²) in [7, 11) is 4.08. The molecule has 0 atom stereocenters. The summed E-state index contributed by atoms with van der Waals surface area (Å²) in [5.74, 6) is 1.90. The number of anilines is 2. The van der Waals surface area contributed by atoms with Crippen LogP contribution < -0.4 is 11.1 Å². The smallest absolute Gasteiger partial charge is 0.162 e. The maximum atomic E-state index is 5.93. The largest absolute Gasteiger partial charge is 0.383 e. The van der Waals surface area contributed by atoms with Gasteiger partial charge in [0.2, 0.25) is 0 Å². The van der Waals surface area contributed by atoms with Crippen LogP contribution in [0.15, 0.2) is 24.5 Å². The Bertz CT molecular complexity index is 822. The van der Waals surface area contributed by atoms with Gasteiger partial charge in [0.1, 0.15) is 17.3 Å². The van der Waals surface area contributed by atoms with Gasteiger partial charge in [-0.3, -0.25) is 0 Å². The molecule has 0 unspecified atom stereocenters. The zero-order valence-electron chi connectivity index (χ0n) is 13.6. The van der Waals surface area contributed by atoms with E-state index >= 15 is 0 Å². The van der Waals surface area contributed by atoms with Gasteiger partial charge in [0.05, 0.1) is 0 Å². The van der Waals surface area contributed by atoms with E-state index in [4.69, 9.17) is 5.73 Å². The Hall–Kier alpha value is -2.67. The van der Waals surface area contributed by atoms with Crippen molar-refractivity contribution in [2.24, 2.45) is 0 Å². The first kappa shape index (κ1) is 15.2. The van der Waals surface area contributed by atoms with Crippen molar-refractivity contribution in [3.63, 3.8) is 0 Å². The maximum absolute atomic E-state index is 5.93. The Labute approximate surface area is 135 Å². The number of pyridine rings is 1. The second-order valence-electron chi connectivity index (χ2n) is 5.79. The Morgan fingerprint density at radius 2 is 2.13 bits per heavy atom. The van der Waals surface area contributed by atoms with Gasteiger partial charge < -0.3 is 20.9 Å². The van der Waals surface area contributed by atoms with Gasteiger partial charge in [-0.25, -0.2) is 15.0 Å². The highest BCUT2D eigenvalue weighted by Crippen LogP contribution is 2.28. The third-order valence-corrected chi connectivity index (χ3v) is 3.65. The molecule has 0 saturated heterocycles. The van der Waals surface area contributed by atoms with Crippen LogP contribution in [0.5, 0.6) is 0 Å². The molecule has 3 aromatic rings. The highest BCUT2D eigenvalue weighted by molar-refractivity contribution is 5.93. The summed E-state index contributed by atoms with van der Waals surface area (Å²) >= 11 is 0. The van der Waals surface area contributed by atoms with Gasteiger partial charge in [0.25, 0.3) is 0 Å². The third kappa shape index (κ3) is 3.24. The standard InChI is InChI=1S/C16H21N7/c1-10-9-20-16(22-14(10)17)12-8-13(18-6-7-23(2)3)21-15-11(12)4-5-19-15/h4-5,8-9H,6-7H2,1-3H3,(H2,17,20,22)(H2,18,19,21). The van der Waals surface area contributed by atoms with Gasteiger partial charge in [-0.05, 0) is 33.2 Å². The van der Waals surface area contributed by atoms with E-state index in [1.807, 2.05) is 39.3 Å². The molecule has 23 heavy (non-hydrogen) atoms. The molecule has 7 heteroatoms. The van der Waals surface area contributed by atoms with Crippen molar-refractivity contribution in [2.45, 2.75) is 6.92 Å². The molecule has 0 aromatic carbocycles. The lowest BCUT2D eigenvalue weighted by atomic mass is 10.1. The lowest BCUT2D eigenvalue weighted by molar-refractivity contribution is 0.425. The number of hydrogen-bond donors (Lipinski definition) is 3. The van der Waals surface area contributed by atoms with E-state index < -0.39 is 0 Å². The minimum absolute atomic E-state index is 0.498. The number of aromatic amines is 1. The fourth-order valence-electron chi connectivity index (χ4n) is 2.31. The molecule has 0 saturated carbocycles. The summed E-state index contributed by atoms with van der Waals surface area (Å²) in [6, 6.07) is 3.94. The van der Waals surface area contributed by atoms with Gasteiger partial charge >= 0.3 is 0 Å². The summed E-state index contributed by atoms with van der Waals surface area (Å²) < 4.78 is 0. The van der Waals surface area contributed by atoms with E-state index in [0.29, 0.717) is 11.6 Å². The van der Waals surface area contributed by atoms with E-state index in [2.05, 4.69) is 30.2 Å². The zero-order valence-corrected chi connectivity index (χ0v) is 13.6. The predicted octanol–water partition coefficient (Wildman–Crippen LogP) is 1.88. The fourth-order valence-corrected chi connectivity index (χ4v) is 2.31. The van der Waals surface area contributed by atoms with Crippen LogP contribution in [0, 0.1) is 6.92 Å². The van der Waals surface area contributed by atoms with Crippen molar-refractivity contribution >= 4 is 22.7 Å². The van der Waals surface area contributed by atoms with Gasteiger partial charge in [-0.15, -0.1) is 0 Å². The molecule has 0 aliphatic carbocycles. The maximum Gasteiger partial charge on any atom is 0.162 e. The lowest BCUT2D eigenvalue weighted by Crippen LogP contribution is -2.21. The second kappa shape index (κ2) is 6.21. The van der Waals surface area contributed by atoms with Crippen LogP contribution in [0.3, 0.4) is 0 Å². The third-order valence-electron chi connectivity index (χ3n) is 3.65. The van der Waals surface area contributed by atoms with Gasteiger partial charge in [-0.2, -0.15) is 0 Å². The highest BCUT2D eigenvalue weighted by Gasteiger charge is 2.12. The molecule has 0 aliphatic rings. The number of nitrogens with one attached hydrogen (secondary N) is 2. The molecule has 0 bridgehead atoms. The second-order valence-corrected chi connectivity index (χ2v) is 5.79. The molecule has 0 fully saturated rings. The van der Waals surface area contributed by atoms with Crippen molar-refractivity contribution in [1.82, 2.24) is 24.8 Å². The number of nitrogens with zero attached hydrogens (tertiary/aromatic N) is 4. The number of likely N-dealkylation sites (N-methyl/N-ethyl adjacent to an activating group) is 1. The number of rotatable bonds is 5. The molecule has 7 nitrogen and oxygen atoms in total. The van der Waals surface area contributed by atoms with Crippen LogP contribution in [0.25, 0.3) is 22.4 Å². The molecule has 0 radical (unpaired) electrons. The summed E-state index contributed by atoms with van der Waals surface area (Å²) in [6.45, 7) is 3.63. The first-order valence-electron chi connectivity index (χ1n) is 7.51. The van der Waals surface area contributed by atoms with Crippen molar-refractivity contribution in [3.8, 4) is 11.4 Å². The molecule has 3 rings (SSSR count). The van der Waals surface area contributed by atoms with Crippen LogP contribution in [-0.2, 0) is 0 Å². The Balaban J connectivity index is 2.00. The molecule has 3 heterocycles. The topological polar surface area (TPSA) is 95.8 Å². The molecule has 0 amide bonds. The number of H-pyrrole nitrogens is 1. The number of aromatic nitrogens is 4. The molecule has 0 spiro atoms. The quantitative estimate of drug-likeness (QED) is 0.666. The average Bonchev–Trinajstić information content (AvgIpc) is 2.97. The van der Waals surface area contributed by atoms with Crippen molar-refractivity contribution in [3.05, 3.63) is 30.1 Å². The highest BCUT2D eigenvalue weighted by atomic mass is 15.1. The van der Waals surface area contributed by atoms with Crippen LogP contribution in [0.2, 0.25) is 0 Å².